The minimum Gasteiger partial charge on any atom is -0.213 e. The molecule has 0 N–H and O–H groups in total. The van der Waals surface area contributed by atoms with Crippen molar-refractivity contribution in [1.29, 1.82) is 0 Å². The van der Waals surface area contributed by atoms with E-state index in [1.807, 2.05) is 0 Å². The number of nitrogens with zero attached hydrogens (tertiary/aromatic N) is 3. The van der Waals surface area contributed by atoms with E-state index in [9.17, 15) is 0 Å². The lowest BCUT2D eigenvalue weighted by molar-refractivity contribution is 0.910. The Morgan fingerprint density at radius 3 is 0.814 bits per heavy atom. The van der Waals surface area contributed by atoms with Crippen LogP contribution in [0.2, 0.25) is 0 Å². The highest BCUT2D eigenvalue weighted by Gasteiger charge is 2.18. The molecule has 0 unspecified atom stereocenters. The number of benzene rings is 14. The van der Waals surface area contributed by atoms with Gasteiger partial charge in [0.15, 0.2) is 11.6 Å². The van der Waals surface area contributed by atoms with Gasteiger partial charge >= 0.3 is 0 Å². The van der Waals surface area contributed by atoms with Crippen molar-refractivity contribution in [2.45, 2.75) is 13.3 Å². The first-order valence-corrected chi connectivity index (χ1v) is 29.6. The summed E-state index contributed by atoms with van der Waals surface area (Å²) in [5, 5.41) is 7.15. The van der Waals surface area contributed by atoms with E-state index in [1.165, 1.54) is 93.7 Å². The van der Waals surface area contributed by atoms with Crippen LogP contribution in [0.15, 0.2) is 315 Å². The fourth-order valence-corrected chi connectivity index (χ4v) is 12.4. The van der Waals surface area contributed by atoms with Gasteiger partial charge in [0.25, 0.3) is 0 Å². The van der Waals surface area contributed by atoms with E-state index in [2.05, 4.69) is 322 Å². The lowest BCUT2D eigenvalue weighted by Gasteiger charge is -2.15. The number of rotatable bonds is 12. The maximum absolute atomic E-state index is 5.28. The van der Waals surface area contributed by atoms with Gasteiger partial charge in [-0.3, -0.25) is 0 Å². The summed E-state index contributed by atoms with van der Waals surface area (Å²) >= 11 is 0. The van der Waals surface area contributed by atoms with E-state index < -0.39 is 0 Å². The van der Waals surface area contributed by atoms with Gasteiger partial charge in [0, 0.05) is 17.5 Å². The molecule has 15 rings (SSSR count). The molecule has 1 aromatic heterocycles. The third-order valence-electron chi connectivity index (χ3n) is 16.8. The zero-order valence-corrected chi connectivity index (χ0v) is 47.6. The summed E-state index contributed by atoms with van der Waals surface area (Å²) in [5.74, 6) is 2.07. The van der Waals surface area contributed by atoms with Crippen molar-refractivity contribution in [3.05, 3.63) is 321 Å². The van der Waals surface area contributed by atoms with Crippen LogP contribution in [0.3, 0.4) is 0 Å². The van der Waals surface area contributed by atoms with E-state index in [4.69, 9.17) is 15.0 Å². The molecule has 0 spiro atoms. The molecule has 0 fully saturated rings. The summed E-state index contributed by atoms with van der Waals surface area (Å²) in [6.45, 7) is 2.11. The third-order valence-corrected chi connectivity index (χ3v) is 16.8. The van der Waals surface area contributed by atoms with Crippen molar-refractivity contribution in [1.82, 2.24) is 15.0 Å². The summed E-state index contributed by atoms with van der Waals surface area (Å²) in [4.78, 5) is 15.5. The molecule has 0 amide bonds. The molecule has 15 aromatic rings. The molecule has 0 atom stereocenters. The second-order valence-corrected chi connectivity index (χ2v) is 22.2. The van der Waals surface area contributed by atoms with Crippen LogP contribution in [0.1, 0.15) is 12.7 Å². The lowest BCUT2D eigenvalue weighted by atomic mass is 9.89. The molecular weight excluding hydrogens is 1040 g/mol. The molecule has 0 saturated carbocycles. The van der Waals surface area contributed by atoms with Crippen LogP contribution in [0.4, 0.5) is 0 Å². The molecule has 3 heteroatoms. The molecule has 0 aliphatic carbocycles. The van der Waals surface area contributed by atoms with Gasteiger partial charge in [-0.2, -0.15) is 0 Å². The maximum atomic E-state index is 5.28. The quantitative estimate of drug-likeness (QED) is 0.114. The summed E-state index contributed by atoms with van der Waals surface area (Å²) in [5.41, 5.74) is 22.9. The van der Waals surface area contributed by atoms with Crippen LogP contribution in [0.25, 0.3) is 155 Å². The first-order chi connectivity index (χ1) is 42.5. The predicted octanol–water partition coefficient (Wildman–Crippen LogP) is 22.2. The van der Waals surface area contributed by atoms with Crippen molar-refractivity contribution < 1.29 is 0 Å². The van der Waals surface area contributed by atoms with Crippen LogP contribution in [0.5, 0.6) is 0 Å². The molecular formula is C83H57N3. The van der Waals surface area contributed by atoms with E-state index in [-0.39, 0.29) is 0 Å². The summed E-state index contributed by atoms with van der Waals surface area (Å²) in [6.07, 6.45) is 0.671. The zero-order valence-electron chi connectivity index (χ0n) is 47.6. The van der Waals surface area contributed by atoms with Crippen molar-refractivity contribution in [2.75, 3.05) is 0 Å². The Labute approximate surface area is 501 Å². The molecule has 3 nitrogen and oxygen atoms in total. The van der Waals surface area contributed by atoms with Gasteiger partial charge in [0.05, 0.1) is 0 Å². The van der Waals surface area contributed by atoms with Crippen molar-refractivity contribution in [2.24, 2.45) is 0 Å². The standard InChI is InChI=1S/C83H57N3/c1-2-81-84-82(67-36-20-35-65(46-67)71-48-69(57-25-11-5-12-26-57)47-70(49-71)58-27-13-6-14-28-58)86-83(85-81)68-40-42-78-79-53-66(39-41-77(79)75-37-15-16-38-76(75)80(78)54-68)61-31-19-34-64(45-61)74-51-72(62-32-17-29-59(43-62)55-21-7-3-8-22-55)50-73(52-74)63-33-18-30-60(44-63)56-23-9-4-10-24-56/h3-54H,2H2,1H3. The fourth-order valence-electron chi connectivity index (χ4n) is 12.4. The average molecular weight is 1100 g/mol. The number of aromatic nitrogens is 3. The molecule has 0 bridgehead atoms. The Morgan fingerprint density at radius 1 is 0.174 bits per heavy atom. The Balaban J connectivity index is 0.808. The Hall–Kier alpha value is -11.1. The summed E-state index contributed by atoms with van der Waals surface area (Å²) < 4.78 is 0. The second-order valence-electron chi connectivity index (χ2n) is 22.2. The molecule has 0 saturated heterocycles. The maximum Gasteiger partial charge on any atom is 0.163 e. The van der Waals surface area contributed by atoms with Gasteiger partial charge in [-0.15, -0.1) is 0 Å². The SMILES string of the molecule is CCc1nc(-c2cccc(-c3cc(-c4ccccc4)cc(-c4ccccc4)c3)c2)nc(-c2ccc3c4cc(-c5cccc(-c6cc(-c7cccc(-c8ccccc8)c7)cc(-c7cccc(-c8ccccc8)c7)c6)c5)ccc4c4ccccc4c3c2)n1. The van der Waals surface area contributed by atoms with Crippen LogP contribution in [-0.2, 0) is 6.42 Å². The summed E-state index contributed by atoms with van der Waals surface area (Å²) in [6, 6.07) is 114. The van der Waals surface area contributed by atoms with Crippen molar-refractivity contribution in [3.8, 4) is 123 Å². The predicted molar refractivity (Wildman–Crippen MR) is 362 cm³/mol. The Morgan fingerprint density at radius 2 is 0.407 bits per heavy atom. The number of aryl methyl sites for hydroxylation is 1. The lowest BCUT2D eigenvalue weighted by Crippen LogP contribution is -2.02. The molecule has 0 radical (unpaired) electrons. The average Bonchev–Trinajstić information content (AvgIpc) is 1.34. The van der Waals surface area contributed by atoms with Crippen molar-refractivity contribution >= 4 is 32.3 Å². The van der Waals surface area contributed by atoms with Gasteiger partial charge in [0.2, 0.25) is 0 Å². The Bertz CT molecular complexity index is 4860. The minimum atomic E-state index is 0.656. The highest BCUT2D eigenvalue weighted by molar-refractivity contribution is 6.26. The van der Waals surface area contributed by atoms with Gasteiger partial charge in [-0.05, 0) is 205 Å². The van der Waals surface area contributed by atoms with Gasteiger partial charge in [-0.1, -0.05) is 250 Å². The fraction of sp³-hybridized carbons (Fsp3) is 0.0241. The molecule has 1 heterocycles. The third kappa shape index (κ3) is 10.2. The minimum absolute atomic E-state index is 0.656. The van der Waals surface area contributed by atoms with Crippen molar-refractivity contribution in [3.63, 3.8) is 0 Å². The zero-order chi connectivity index (χ0) is 57.3. The highest BCUT2D eigenvalue weighted by Crippen LogP contribution is 2.42. The molecule has 404 valence electrons. The largest absolute Gasteiger partial charge is 0.213 e. The van der Waals surface area contributed by atoms with Gasteiger partial charge in [-0.25, -0.2) is 15.0 Å². The summed E-state index contributed by atoms with van der Waals surface area (Å²) in [7, 11) is 0. The van der Waals surface area contributed by atoms with Crippen LogP contribution < -0.4 is 0 Å². The molecule has 86 heavy (non-hydrogen) atoms. The normalized spacial score (nSPS) is 11.4. The Kier molecular flexibility index (Phi) is 13.6. The molecule has 0 aliphatic rings. The molecule has 0 aliphatic heterocycles. The van der Waals surface area contributed by atoms with E-state index >= 15 is 0 Å². The van der Waals surface area contributed by atoms with Crippen LogP contribution in [-0.4, -0.2) is 15.0 Å². The first kappa shape index (κ1) is 51.7. The smallest absolute Gasteiger partial charge is 0.163 e. The van der Waals surface area contributed by atoms with Crippen LogP contribution >= 0.6 is 0 Å². The number of hydrogen-bond acceptors (Lipinski definition) is 3. The second kappa shape index (κ2) is 22.6. The topological polar surface area (TPSA) is 38.7 Å². The van der Waals surface area contributed by atoms with Gasteiger partial charge in [0.1, 0.15) is 5.82 Å². The van der Waals surface area contributed by atoms with E-state index in [0.717, 1.165) is 55.7 Å². The highest BCUT2D eigenvalue weighted by atomic mass is 15.0. The number of fused-ring (bicyclic) bond motifs is 6. The first-order valence-electron chi connectivity index (χ1n) is 29.6. The molecule has 14 aromatic carbocycles. The number of hydrogen-bond donors (Lipinski definition) is 0. The monoisotopic (exact) mass is 1100 g/mol. The van der Waals surface area contributed by atoms with E-state index in [0.29, 0.717) is 18.1 Å². The van der Waals surface area contributed by atoms with Crippen LogP contribution in [0, 0.1) is 0 Å². The van der Waals surface area contributed by atoms with E-state index in [1.54, 1.807) is 0 Å². The van der Waals surface area contributed by atoms with Gasteiger partial charge < -0.3 is 0 Å².